The Morgan fingerprint density at radius 2 is 0.731 bits per heavy atom. The minimum absolute atomic E-state index is 0.141. The van der Waals surface area contributed by atoms with Gasteiger partial charge in [-0.3, -0.25) is 9.59 Å². The summed E-state index contributed by atoms with van der Waals surface area (Å²) in [4.78, 5) is 37.3. The molecule has 9 heteroatoms. The van der Waals surface area contributed by atoms with Crippen LogP contribution in [0.4, 0.5) is 0 Å². The highest BCUT2D eigenvalue weighted by Gasteiger charge is 2.22. The van der Waals surface area contributed by atoms with E-state index in [1.807, 2.05) is 21.1 Å². The zero-order valence-corrected chi connectivity index (χ0v) is 50.5. The van der Waals surface area contributed by atoms with Crippen molar-refractivity contribution in [1.82, 2.24) is 0 Å². The summed E-state index contributed by atoms with van der Waals surface area (Å²) in [6, 6.07) is 0. The lowest BCUT2D eigenvalue weighted by molar-refractivity contribution is -0.870. The third-order valence-corrected chi connectivity index (χ3v) is 12.9. The Balaban J connectivity index is 4.09. The summed E-state index contributed by atoms with van der Waals surface area (Å²) in [5.74, 6) is -2.31. The van der Waals surface area contributed by atoms with Crippen LogP contribution in [0.2, 0.25) is 0 Å². The van der Waals surface area contributed by atoms with Crippen LogP contribution in [0.25, 0.3) is 0 Å². The molecule has 0 aromatic carbocycles. The topological polar surface area (TPSA) is 111 Å². The monoisotopic (exact) mass is 1090 g/mol. The van der Waals surface area contributed by atoms with E-state index < -0.39 is 24.3 Å². The molecule has 0 amide bonds. The number of quaternary nitrogens is 1. The van der Waals surface area contributed by atoms with E-state index in [0.717, 1.165) is 122 Å². The fraction of sp³-hybridized carbons (Fsp3) is 0.667. The molecule has 0 spiro atoms. The van der Waals surface area contributed by atoms with E-state index >= 15 is 0 Å². The standard InChI is InChI=1S/C69H115NO8/c1-6-8-10-12-14-16-18-20-22-23-24-25-26-27-28-29-30-31-32-33-34-35-36-37-38-39-40-41-42-43-44-45-46-48-50-52-54-56-58-60-67(72)78-65(64-77-69(68(73)74)75-62-61-70(3,4)5)63-76-66(71)59-57-55-53-51-49-47-21-19-17-15-13-11-9-7-2/h8,10,13-16,19-22,24-25,27-28,30-31,33-34,36-37,65,69H,6-7,9,11-12,17-18,23,26,29,32,35,38-64H2,1-5H3/b10-8-,15-13-,16-14-,21-19-,22-20-,25-24-,28-27-,31-30-,34-33-,37-36-. The molecule has 0 aliphatic heterocycles. The summed E-state index contributed by atoms with van der Waals surface area (Å²) < 4.78 is 22.7. The molecule has 444 valence electrons. The number of likely N-dealkylation sites (N-methyl/N-ethyl adjacent to an activating group) is 1. The summed E-state index contributed by atoms with van der Waals surface area (Å²) in [5, 5.41) is 11.8. The second kappa shape index (κ2) is 58.8. The second-order valence-corrected chi connectivity index (χ2v) is 21.6. The molecule has 0 aliphatic carbocycles. The van der Waals surface area contributed by atoms with Crippen molar-refractivity contribution in [1.29, 1.82) is 0 Å². The van der Waals surface area contributed by atoms with Crippen LogP contribution in [0, 0.1) is 0 Å². The summed E-state index contributed by atoms with van der Waals surface area (Å²) in [6.45, 7) is 4.56. The molecular weight excluding hydrogens is 971 g/mol. The fourth-order valence-corrected chi connectivity index (χ4v) is 8.16. The van der Waals surface area contributed by atoms with E-state index in [-0.39, 0.29) is 38.6 Å². The van der Waals surface area contributed by atoms with Crippen molar-refractivity contribution in [2.24, 2.45) is 0 Å². The molecule has 0 fully saturated rings. The molecule has 0 aromatic rings. The molecule has 9 nitrogen and oxygen atoms in total. The Bertz CT molecular complexity index is 1690. The summed E-state index contributed by atoms with van der Waals surface area (Å²) in [5.41, 5.74) is 0. The molecular formula is C69H115NO8. The number of allylic oxidation sites excluding steroid dienone is 20. The van der Waals surface area contributed by atoms with Crippen LogP contribution in [-0.4, -0.2) is 82.3 Å². The first-order valence-corrected chi connectivity index (χ1v) is 31.2. The van der Waals surface area contributed by atoms with Crippen LogP contribution >= 0.6 is 0 Å². The van der Waals surface area contributed by atoms with Crippen LogP contribution in [0.15, 0.2) is 122 Å². The van der Waals surface area contributed by atoms with Gasteiger partial charge in [0, 0.05) is 12.8 Å². The molecule has 0 radical (unpaired) electrons. The normalized spacial score (nSPS) is 13.6. The maximum absolute atomic E-state index is 12.9. The van der Waals surface area contributed by atoms with Crippen LogP contribution in [0.1, 0.15) is 239 Å². The van der Waals surface area contributed by atoms with Crippen LogP contribution in [0.3, 0.4) is 0 Å². The largest absolute Gasteiger partial charge is 0.545 e. The van der Waals surface area contributed by atoms with Crippen molar-refractivity contribution in [3.05, 3.63) is 122 Å². The molecule has 0 rings (SSSR count). The number of carbonyl (C=O) groups excluding carboxylic acids is 3. The second-order valence-electron chi connectivity index (χ2n) is 21.6. The van der Waals surface area contributed by atoms with Gasteiger partial charge in [0.2, 0.25) is 0 Å². The highest BCUT2D eigenvalue weighted by molar-refractivity contribution is 5.70. The van der Waals surface area contributed by atoms with Crippen molar-refractivity contribution in [2.45, 2.75) is 251 Å². The Morgan fingerprint density at radius 3 is 1.09 bits per heavy atom. The van der Waals surface area contributed by atoms with Gasteiger partial charge in [-0.25, -0.2) is 0 Å². The molecule has 0 aromatic heterocycles. The number of esters is 2. The quantitative estimate of drug-likeness (QED) is 0.0195. The Labute approximate surface area is 478 Å². The van der Waals surface area contributed by atoms with Gasteiger partial charge in [0.25, 0.3) is 0 Å². The van der Waals surface area contributed by atoms with E-state index in [0.29, 0.717) is 17.4 Å². The van der Waals surface area contributed by atoms with Gasteiger partial charge in [0.05, 0.1) is 40.3 Å². The molecule has 0 aliphatic rings. The first kappa shape index (κ1) is 73.7. The molecule has 0 bridgehead atoms. The van der Waals surface area contributed by atoms with E-state index in [1.54, 1.807) is 0 Å². The SMILES string of the molecule is CC/C=C\C/C=C\C/C=C\C/C=C\C/C=C\C/C=C\C/C=C\C/C=C\CCCCCCCCCCCCCCCCC(=O)OC(COC(=O)CCCCCCC/C=C\C/C=C\CCCC)COC(OCC[N+](C)(C)C)C(=O)[O-]. The molecule has 2 atom stereocenters. The van der Waals surface area contributed by atoms with Gasteiger partial charge >= 0.3 is 11.9 Å². The third kappa shape index (κ3) is 59.4. The predicted molar refractivity (Wildman–Crippen MR) is 329 cm³/mol. The Morgan fingerprint density at radius 1 is 0.397 bits per heavy atom. The number of ether oxygens (including phenoxy) is 4. The zero-order chi connectivity index (χ0) is 56.9. The number of aliphatic carboxylic acids is 1. The highest BCUT2D eigenvalue weighted by atomic mass is 16.7. The molecule has 0 N–H and O–H groups in total. The van der Waals surface area contributed by atoms with Crippen LogP contribution in [0.5, 0.6) is 0 Å². The molecule has 0 saturated heterocycles. The number of carboxylic acid groups (broad SMARTS) is 1. The lowest BCUT2D eigenvalue weighted by Gasteiger charge is -2.26. The van der Waals surface area contributed by atoms with Gasteiger partial charge < -0.3 is 33.3 Å². The van der Waals surface area contributed by atoms with Crippen LogP contribution < -0.4 is 5.11 Å². The number of hydrogen-bond donors (Lipinski definition) is 0. The molecule has 0 heterocycles. The average Bonchev–Trinajstić information content (AvgIpc) is 3.41. The minimum Gasteiger partial charge on any atom is -0.545 e. The molecule has 0 saturated carbocycles. The van der Waals surface area contributed by atoms with Crippen molar-refractivity contribution >= 4 is 17.9 Å². The van der Waals surface area contributed by atoms with Crippen molar-refractivity contribution in [3.63, 3.8) is 0 Å². The number of carboxylic acids is 1. The van der Waals surface area contributed by atoms with Crippen molar-refractivity contribution in [2.75, 3.05) is 47.5 Å². The van der Waals surface area contributed by atoms with E-state index in [1.165, 1.54) is 83.5 Å². The van der Waals surface area contributed by atoms with Gasteiger partial charge in [-0.1, -0.05) is 245 Å². The smallest absolute Gasteiger partial charge is 0.306 e. The van der Waals surface area contributed by atoms with Crippen molar-refractivity contribution < 1.29 is 42.9 Å². The van der Waals surface area contributed by atoms with E-state index in [2.05, 4.69) is 135 Å². The highest BCUT2D eigenvalue weighted by Crippen LogP contribution is 2.16. The average molecular weight is 1090 g/mol. The lowest BCUT2D eigenvalue weighted by Crippen LogP contribution is -2.44. The first-order valence-electron chi connectivity index (χ1n) is 31.2. The Hall–Kier alpha value is -4.31. The summed E-state index contributed by atoms with van der Waals surface area (Å²) >= 11 is 0. The maximum Gasteiger partial charge on any atom is 0.306 e. The fourth-order valence-electron chi connectivity index (χ4n) is 8.16. The lowest BCUT2D eigenvalue weighted by atomic mass is 10.0. The van der Waals surface area contributed by atoms with E-state index in [9.17, 15) is 19.5 Å². The third-order valence-electron chi connectivity index (χ3n) is 12.9. The first-order chi connectivity index (χ1) is 38.1. The number of nitrogens with zero attached hydrogens (tertiary/aromatic N) is 1. The number of hydrogen-bond acceptors (Lipinski definition) is 8. The van der Waals surface area contributed by atoms with Gasteiger partial charge in [-0.15, -0.1) is 0 Å². The molecule has 2 unspecified atom stereocenters. The van der Waals surface area contributed by atoms with Gasteiger partial charge in [0.15, 0.2) is 12.4 Å². The zero-order valence-electron chi connectivity index (χ0n) is 50.5. The number of rotatable bonds is 56. The Kier molecular flexibility index (Phi) is 55.6. The summed E-state index contributed by atoms with van der Waals surface area (Å²) in [7, 11) is 5.91. The van der Waals surface area contributed by atoms with Gasteiger partial charge in [-0.05, 0) is 103 Å². The summed E-state index contributed by atoms with van der Waals surface area (Å²) in [6.07, 6.45) is 79.8. The number of carbonyl (C=O) groups is 3. The van der Waals surface area contributed by atoms with Gasteiger partial charge in [0.1, 0.15) is 13.2 Å². The number of unbranched alkanes of at least 4 members (excludes halogenated alkanes) is 21. The predicted octanol–water partition coefficient (Wildman–Crippen LogP) is 17.5. The minimum atomic E-state index is -1.63. The van der Waals surface area contributed by atoms with Crippen molar-refractivity contribution in [3.8, 4) is 0 Å². The maximum atomic E-state index is 12.9. The molecule has 78 heavy (non-hydrogen) atoms. The van der Waals surface area contributed by atoms with Crippen LogP contribution in [-0.2, 0) is 33.3 Å². The van der Waals surface area contributed by atoms with Gasteiger partial charge in [-0.2, -0.15) is 0 Å². The van der Waals surface area contributed by atoms with E-state index in [4.69, 9.17) is 18.9 Å².